The van der Waals surface area contributed by atoms with Gasteiger partial charge in [-0.05, 0) is 24.0 Å². The van der Waals surface area contributed by atoms with Crippen molar-refractivity contribution in [3.8, 4) is 5.88 Å². The van der Waals surface area contributed by atoms with Crippen LogP contribution in [0.25, 0.3) is 0 Å². The monoisotopic (exact) mass is 284 g/mol. The van der Waals surface area contributed by atoms with Gasteiger partial charge in [-0.1, -0.05) is 26.7 Å². The first kappa shape index (κ1) is 16.1. The predicted octanol–water partition coefficient (Wildman–Crippen LogP) is 2.77. The molecule has 0 bridgehead atoms. The lowest BCUT2D eigenvalue weighted by Crippen LogP contribution is -2.35. The zero-order chi connectivity index (χ0) is 14.3. The van der Waals surface area contributed by atoms with Gasteiger partial charge in [0, 0.05) is 12.1 Å². The average Bonchev–Trinajstić information content (AvgIpc) is 2.41. The Labute approximate surface area is 120 Å². The molecule has 0 fully saturated rings. The Balaban J connectivity index is 3.04. The molecule has 0 N–H and O–H groups in total. The molecular formula is C14H24N2O2S. The van der Waals surface area contributed by atoms with Crippen LogP contribution in [-0.2, 0) is 6.54 Å². The first-order valence-corrected chi connectivity index (χ1v) is 7.47. The number of ether oxygens (including phenoxy) is 1. The predicted molar refractivity (Wildman–Crippen MR) is 81.2 cm³/mol. The van der Waals surface area contributed by atoms with E-state index in [-0.39, 0.29) is 11.0 Å². The Bertz CT molecular complexity index is 439. The highest BCUT2D eigenvalue weighted by atomic mass is 32.1. The highest BCUT2D eigenvalue weighted by Crippen LogP contribution is 2.32. The summed E-state index contributed by atoms with van der Waals surface area (Å²) >= 11 is 4.51. The lowest BCUT2D eigenvalue weighted by atomic mass is 9.81. The molecule has 108 valence electrons. The van der Waals surface area contributed by atoms with E-state index in [4.69, 9.17) is 4.74 Å². The highest BCUT2D eigenvalue weighted by Gasteiger charge is 2.28. The lowest BCUT2D eigenvalue weighted by molar-refractivity contribution is 0.213. The molecule has 19 heavy (non-hydrogen) atoms. The second-order valence-electron chi connectivity index (χ2n) is 5.03. The van der Waals surface area contributed by atoms with Gasteiger partial charge in [0.15, 0.2) is 0 Å². The fourth-order valence-corrected chi connectivity index (χ4v) is 2.94. The molecule has 1 rings (SSSR count). The molecule has 0 radical (unpaired) electrons. The molecule has 0 unspecified atom stereocenters. The Morgan fingerprint density at radius 1 is 1.32 bits per heavy atom. The second-order valence-corrected chi connectivity index (χ2v) is 5.35. The Morgan fingerprint density at radius 3 is 2.42 bits per heavy atom. The third-order valence-electron chi connectivity index (χ3n) is 3.43. The number of nitrogens with zero attached hydrogens (tertiary/aromatic N) is 2. The van der Waals surface area contributed by atoms with E-state index in [0.717, 1.165) is 31.4 Å². The summed E-state index contributed by atoms with van der Waals surface area (Å²) in [5.74, 6) is 1.24. The molecule has 0 aliphatic heterocycles. The molecule has 1 heterocycles. The van der Waals surface area contributed by atoms with Crippen molar-refractivity contribution in [3.63, 3.8) is 0 Å². The Hall–Kier alpha value is -0.970. The van der Waals surface area contributed by atoms with Crippen molar-refractivity contribution in [1.29, 1.82) is 0 Å². The smallest absolute Gasteiger partial charge is 0.266 e. The molecule has 0 saturated carbocycles. The first-order chi connectivity index (χ1) is 9.10. The summed E-state index contributed by atoms with van der Waals surface area (Å²) in [6.07, 6.45) is 4.27. The number of methoxy groups -OCH3 is 1. The van der Waals surface area contributed by atoms with Crippen molar-refractivity contribution in [2.75, 3.05) is 12.9 Å². The van der Waals surface area contributed by atoms with Crippen LogP contribution in [0.4, 0.5) is 0 Å². The number of hydrogen-bond acceptors (Lipinski definition) is 4. The summed E-state index contributed by atoms with van der Waals surface area (Å²) in [6.45, 7) is 4.93. The van der Waals surface area contributed by atoms with Gasteiger partial charge in [-0.25, -0.2) is 4.68 Å². The number of hydrogen-bond donors (Lipinski definition) is 1. The van der Waals surface area contributed by atoms with Crippen LogP contribution in [0.3, 0.4) is 0 Å². The van der Waals surface area contributed by atoms with Crippen molar-refractivity contribution < 1.29 is 4.74 Å². The molecule has 0 spiro atoms. The maximum atomic E-state index is 11.9. The van der Waals surface area contributed by atoms with Gasteiger partial charge >= 0.3 is 0 Å². The van der Waals surface area contributed by atoms with E-state index in [1.54, 1.807) is 13.2 Å². The standard InChI is InChI=1S/C14H24N2O2S/c1-4-8-14(11-19,9-5-2)10-16-13(17)7-6-12(15-16)18-3/h6-7,19H,4-5,8-11H2,1-3H3. The van der Waals surface area contributed by atoms with E-state index in [0.29, 0.717) is 12.4 Å². The molecule has 0 amide bonds. The number of rotatable bonds is 8. The zero-order valence-corrected chi connectivity index (χ0v) is 12.9. The van der Waals surface area contributed by atoms with Gasteiger partial charge in [-0.2, -0.15) is 12.6 Å². The highest BCUT2D eigenvalue weighted by molar-refractivity contribution is 7.80. The van der Waals surface area contributed by atoms with Gasteiger partial charge in [-0.15, -0.1) is 5.10 Å². The van der Waals surface area contributed by atoms with Crippen LogP contribution in [-0.4, -0.2) is 22.6 Å². The van der Waals surface area contributed by atoms with Crippen LogP contribution in [0.5, 0.6) is 5.88 Å². The van der Waals surface area contributed by atoms with Gasteiger partial charge in [0.05, 0.1) is 13.7 Å². The van der Waals surface area contributed by atoms with Crippen molar-refractivity contribution >= 4 is 12.6 Å². The van der Waals surface area contributed by atoms with Crippen molar-refractivity contribution in [3.05, 3.63) is 22.5 Å². The van der Waals surface area contributed by atoms with Crippen LogP contribution in [0.2, 0.25) is 0 Å². The van der Waals surface area contributed by atoms with E-state index >= 15 is 0 Å². The Kier molecular flexibility index (Phi) is 6.42. The van der Waals surface area contributed by atoms with E-state index in [9.17, 15) is 4.79 Å². The molecular weight excluding hydrogens is 260 g/mol. The van der Waals surface area contributed by atoms with Crippen LogP contribution in [0, 0.1) is 5.41 Å². The fourth-order valence-electron chi connectivity index (χ4n) is 2.52. The third-order valence-corrected chi connectivity index (χ3v) is 4.10. The molecule has 0 atom stereocenters. The molecule has 0 saturated heterocycles. The summed E-state index contributed by atoms with van der Waals surface area (Å²) in [5, 5.41) is 4.24. The average molecular weight is 284 g/mol. The van der Waals surface area contributed by atoms with E-state index in [2.05, 4.69) is 31.6 Å². The summed E-state index contributed by atoms with van der Waals surface area (Å²) in [4.78, 5) is 11.9. The molecule has 4 nitrogen and oxygen atoms in total. The van der Waals surface area contributed by atoms with Crippen LogP contribution < -0.4 is 10.3 Å². The van der Waals surface area contributed by atoms with Crippen LogP contribution >= 0.6 is 12.6 Å². The summed E-state index contributed by atoms with van der Waals surface area (Å²) in [5.41, 5.74) is -0.0466. The quantitative estimate of drug-likeness (QED) is 0.747. The van der Waals surface area contributed by atoms with E-state index < -0.39 is 0 Å². The number of aromatic nitrogens is 2. The van der Waals surface area contributed by atoms with E-state index in [1.165, 1.54) is 10.7 Å². The van der Waals surface area contributed by atoms with Crippen molar-refractivity contribution in [2.45, 2.75) is 46.1 Å². The van der Waals surface area contributed by atoms with Gasteiger partial charge in [0.25, 0.3) is 5.56 Å². The second kappa shape index (κ2) is 7.58. The summed E-state index contributed by atoms with van der Waals surface area (Å²) in [6, 6.07) is 3.11. The summed E-state index contributed by atoms with van der Waals surface area (Å²) in [7, 11) is 1.56. The topological polar surface area (TPSA) is 44.1 Å². The fraction of sp³-hybridized carbons (Fsp3) is 0.714. The molecule has 1 aromatic rings. The van der Waals surface area contributed by atoms with Gasteiger partial charge in [-0.3, -0.25) is 4.79 Å². The largest absolute Gasteiger partial charge is 0.480 e. The maximum absolute atomic E-state index is 11.9. The van der Waals surface area contributed by atoms with Crippen molar-refractivity contribution in [2.24, 2.45) is 5.41 Å². The number of thiol groups is 1. The minimum absolute atomic E-state index is 0.0375. The van der Waals surface area contributed by atoms with Crippen molar-refractivity contribution in [1.82, 2.24) is 9.78 Å². The third kappa shape index (κ3) is 4.27. The molecule has 5 heteroatoms. The van der Waals surface area contributed by atoms with E-state index in [1.807, 2.05) is 0 Å². The molecule has 0 aromatic carbocycles. The molecule has 0 aliphatic carbocycles. The van der Waals surface area contributed by atoms with Crippen LogP contribution in [0.15, 0.2) is 16.9 Å². The maximum Gasteiger partial charge on any atom is 0.266 e. The van der Waals surface area contributed by atoms with Gasteiger partial charge in [0.2, 0.25) is 5.88 Å². The normalized spacial score (nSPS) is 11.6. The minimum Gasteiger partial charge on any atom is -0.480 e. The zero-order valence-electron chi connectivity index (χ0n) is 12.1. The SMILES string of the molecule is CCCC(CS)(CCC)Cn1nc(OC)ccc1=O. The van der Waals surface area contributed by atoms with Gasteiger partial charge < -0.3 is 4.74 Å². The molecule has 1 aromatic heterocycles. The Morgan fingerprint density at radius 2 is 1.95 bits per heavy atom. The van der Waals surface area contributed by atoms with Gasteiger partial charge in [0.1, 0.15) is 0 Å². The lowest BCUT2D eigenvalue weighted by Gasteiger charge is -2.32. The minimum atomic E-state index is -0.0841. The molecule has 0 aliphatic rings. The van der Waals surface area contributed by atoms with Crippen LogP contribution in [0.1, 0.15) is 39.5 Å². The first-order valence-electron chi connectivity index (χ1n) is 6.84. The summed E-state index contributed by atoms with van der Waals surface area (Å²) < 4.78 is 6.60.